The summed E-state index contributed by atoms with van der Waals surface area (Å²) in [5, 5.41) is 4.87. The molecular formula is C22H21BrN4O2. The lowest BCUT2D eigenvalue weighted by molar-refractivity contribution is 0.0952. The smallest absolute Gasteiger partial charge is 0.253 e. The average molecular weight is 453 g/mol. The Morgan fingerprint density at radius 3 is 2.66 bits per heavy atom. The molecule has 0 radical (unpaired) electrons. The van der Waals surface area contributed by atoms with E-state index in [1.807, 2.05) is 55.4 Å². The molecule has 6 nitrogen and oxygen atoms in total. The van der Waals surface area contributed by atoms with Crippen molar-refractivity contribution in [2.75, 3.05) is 34.3 Å². The molecule has 0 fully saturated rings. The number of likely N-dealkylation sites (N-methyl/N-ethyl adjacent to an activating group) is 1. The van der Waals surface area contributed by atoms with Crippen molar-refractivity contribution in [3.8, 4) is 5.75 Å². The first-order valence-electron chi connectivity index (χ1n) is 9.27. The van der Waals surface area contributed by atoms with Gasteiger partial charge in [-0.05, 0) is 44.4 Å². The molecule has 0 saturated heterocycles. The predicted octanol–water partition coefficient (Wildman–Crippen LogP) is 4.00. The van der Waals surface area contributed by atoms with Crippen LogP contribution in [-0.2, 0) is 0 Å². The fraction of sp³-hybridized carbons (Fsp3) is 0.227. The molecule has 0 spiro atoms. The standard InChI is InChI=1S/C22H21BrN4O2/c1-27(2)10-9-24-22(28)16-11-13(23)12-18-21(16)26-20-15-5-4-6-19(29-3)14(15)7-8-17(20)25-18/h4-8,11-12H,9-10H2,1-3H3,(H,24,28). The number of nitrogens with one attached hydrogen (secondary N) is 1. The van der Waals surface area contributed by atoms with Crippen molar-refractivity contribution in [3.63, 3.8) is 0 Å². The molecule has 7 heteroatoms. The van der Waals surface area contributed by atoms with Crippen molar-refractivity contribution >= 4 is 54.7 Å². The second kappa shape index (κ2) is 7.93. The van der Waals surface area contributed by atoms with Crippen molar-refractivity contribution in [2.45, 2.75) is 0 Å². The van der Waals surface area contributed by atoms with Crippen LogP contribution in [0.5, 0.6) is 5.75 Å². The van der Waals surface area contributed by atoms with E-state index in [1.54, 1.807) is 13.2 Å². The van der Waals surface area contributed by atoms with E-state index in [4.69, 9.17) is 14.7 Å². The maximum atomic E-state index is 12.9. The van der Waals surface area contributed by atoms with Crippen molar-refractivity contribution in [3.05, 3.63) is 52.5 Å². The van der Waals surface area contributed by atoms with Gasteiger partial charge in [-0.3, -0.25) is 4.79 Å². The highest BCUT2D eigenvalue weighted by atomic mass is 79.9. The molecule has 0 atom stereocenters. The average Bonchev–Trinajstić information content (AvgIpc) is 2.70. The minimum Gasteiger partial charge on any atom is -0.496 e. The van der Waals surface area contributed by atoms with Gasteiger partial charge in [0, 0.05) is 28.3 Å². The minimum atomic E-state index is -0.162. The fourth-order valence-electron chi connectivity index (χ4n) is 3.38. The van der Waals surface area contributed by atoms with E-state index in [-0.39, 0.29) is 5.91 Å². The van der Waals surface area contributed by atoms with Crippen molar-refractivity contribution < 1.29 is 9.53 Å². The lowest BCUT2D eigenvalue weighted by Gasteiger charge is -2.12. The van der Waals surface area contributed by atoms with Gasteiger partial charge in [-0.2, -0.15) is 0 Å². The number of amides is 1. The Kier molecular flexibility index (Phi) is 5.34. The molecule has 0 aliphatic heterocycles. The van der Waals surface area contributed by atoms with Crippen LogP contribution in [0, 0.1) is 0 Å². The van der Waals surface area contributed by atoms with E-state index < -0.39 is 0 Å². The van der Waals surface area contributed by atoms with E-state index in [0.717, 1.165) is 38.6 Å². The summed E-state index contributed by atoms with van der Waals surface area (Å²) in [5.41, 5.74) is 3.28. The van der Waals surface area contributed by atoms with Gasteiger partial charge in [-0.1, -0.05) is 28.1 Å². The molecule has 0 saturated carbocycles. The zero-order valence-electron chi connectivity index (χ0n) is 16.5. The van der Waals surface area contributed by atoms with Gasteiger partial charge in [-0.15, -0.1) is 0 Å². The van der Waals surface area contributed by atoms with Crippen molar-refractivity contribution in [1.29, 1.82) is 0 Å². The summed E-state index contributed by atoms with van der Waals surface area (Å²) < 4.78 is 6.27. The maximum absolute atomic E-state index is 12.9. The number of halogens is 1. The normalized spacial score (nSPS) is 11.5. The number of nitrogens with zero attached hydrogens (tertiary/aromatic N) is 3. The number of carbonyl (C=O) groups excluding carboxylic acids is 1. The Balaban J connectivity index is 1.91. The van der Waals surface area contributed by atoms with Gasteiger partial charge < -0.3 is 15.0 Å². The molecule has 1 N–H and O–H groups in total. The molecule has 0 aliphatic carbocycles. The number of aromatic nitrogens is 2. The SMILES string of the molecule is COc1cccc2c1ccc1nc3cc(Br)cc(C(=O)NCCN(C)C)c3nc12. The molecule has 0 aliphatic rings. The van der Waals surface area contributed by atoms with E-state index in [2.05, 4.69) is 21.2 Å². The first-order valence-corrected chi connectivity index (χ1v) is 10.1. The number of benzene rings is 3. The third-order valence-corrected chi connectivity index (χ3v) is 5.26. The zero-order valence-corrected chi connectivity index (χ0v) is 18.1. The van der Waals surface area contributed by atoms with Crippen LogP contribution < -0.4 is 10.1 Å². The number of rotatable bonds is 5. The van der Waals surface area contributed by atoms with Gasteiger partial charge >= 0.3 is 0 Å². The zero-order chi connectivity index (χ0) is 20.5. The molecule has 1 amide bonds. The van der Waals surface area contributed by atoms with E-state index in [9.17, 15) is 4.79 Å². The number of methoxy groups -OCH3 is 1. The molecule has 29 heavy (non-hydrogen) atoms. The third kappa shape index (κ3) is 3.75. The van der Waals surface area contributed by atoms with Crippen LogP contribution in [-0.4, -0.2) is 55.1 Å². The number of carbonyl (C=O) groups is 1. The van der Waals surface area contributed by atoms with Crippen LogP contribution in [0.3, 0.4) is 0 Å². The summed E-state index contributed by atoms with van der Waals surface area (Å²) in [5.74, 6) is 0.619. The highest BCUT2D eigenvalue weighted by Crippen LogP contribution is 2.32. The molecule has 1 heterocycles. The Morgan fingerprint density at radius 1 is 1.07 bits per heavy atom. The van der Waals surface area contributed by atoms with Crippen LogP contribution in [0.4, 0.5) is 0 Å². The van der Waals surface area contributed by atoms with E-state index in [0.29, 0.717) is 23.1 Å². The molecule has 148 valence electrons. The third-order valence-electron chi connectivity index (χ3n) is 4.80. The quantitative estimate of drug-likeness (QED) is 0.366. The van der Waals surface area contributed by atoms with Crippen molar-refractivity contribution in [2.24, 2.45) is 0 Å². The van der Waals surface area contributed by atoms with Crippen LogP contribution in [0.1, 0.15) is 10.4 Å². The topological polar surface area (TPSA) is 67.3 Å². The predicted molar refractivity (Wildman–Crippen MR) is 120 cm³/mol. The lowest BCUT2D eigenvalue weighted by Crippen LogP contribution is -2.31. The second-order valence-electron chi connectivity index (χ2n) is 7.09. The summed E-state index contributed by atoms with van der Waals surface area (Å²) >= 11 is 3.49. The number of hydrogen-bond acceptors (Lipinski definition) is 5. The molecule has 0 unspecified atom stereocenters. The first kappa shape index (κ1) is 19.5. The van der Waals surface area contributed by atoms with E-state index >= 15 is 0 Å². The van der Waals surface area contributed by atoms with Gasteiger partial charge in [0.2, 0.25) is 0 Å². The summed E-state index contributed by atoms with van der Waals surface area (Å²) in [6.07, 6.45) is 0. The second-order valence-corrected chi connectivity index (χ2v) is 8.01. The first-order chi connectivity index (χ1) is 14.0. The number of fused-ring (bicyclic) bond motifs is 4. The Labute approximate surface area is 177 Å². The fourth-order valence-corrected chi connectivity index (χ4v) is 3.82. The number of hydrogen-bond donors (Lipinski definition) is 1. The molecular weight excluding hydrogens is 432 g/mol. The monoisotopic (exact) mass is 452 g/mol. The minimum absolute atomic E-state index is 0.162. The molecule has 0 bridgehead atoms. The largest absolute Gasteiger partial charge is 0.496 e. The lowest BCUT2D eigenvalue weighted by atomic mass is 10.1. The Bertz CT molecular complexity index is 1240. The van der Waals surface area contributed by atoms with Crippen molar-refractivity contribution in [1.82, 2.24) is 20.2 Å². The van der Waals surface area contributed by atoms with Crippen LogP contribution in [0.25, 0.3) is 32.8 Å². The highest BCUT2D eigenvalue weighted by molar-refractivity contribution is 9.10. The Morgan fingerprint density at radius 2 is 1.90 bits per heavy atom. The van der Waals surface area contributed by atoms with E-state index in [1.165, 1.54) is 0 Å². The summed E-state index contributed by atoms with van der Waals surface area (Å²) in [7, 11) is 5.59. The summed E-state index contributed by atoms with van der Waals surface area (Å²) in [6.45, 7) is 1.32. The van der Waals surface area contributed by atoms with Gasteiger partial charge in [0.05, 0.1) is 29.2 Å². The van der Waals surface area contributed by atoms with Gasteiger partial charge in [0.1, 0.15) is 11.3 Å². The Hall–Kier alpha value is -2.77. The van der Waals surface area contributed by atoms with Crippen LogP contribution >= 0.6 is 15.9 Å². The van der Waals surface area contributed by atoms with Gasteiger partial charge in [-0.25, -0.2) is 9.97 Å². The van der Waals surface area contributed by atoms with Crippen LogP contribution in [0.2, 0.25) is 0 Å². The molecule has 4 aromatic rings. The summed E-state index contributed by atoms with van der Waals surface area (Å²) in [4.78, 5) is 24.5. The van der Waals surface area contributed by atoms with Gasteiger partial charge in [0.25, 0.3) is 5.91 Å². The highest BCUT2D eigenvalue weighted by Gasteiger charge is 2.16. The van der Waals surface area contributed by atoms with Gasteiger partial charge in [0.15, 0.2) is 0 Å². The maximum Gasteiger partial charge on any atom is 0.253 e. The molecule has 4 rings (SSSR count). The number of ether oxygens (including phenoxy) is 1. The molecule has 3 aromatic carbocycles. The molecule has 1 aromatic heterocycles. The summed E-state index contributed by atoms with van der Waals surface area (Å²) in [6, 6.07) is 13.4. The van der Waals surface area contributed by atoms with Crippen LogP contribution in [0.15, 0.2) is 46.9 Å².